The predicted octanol–water partition coefficient (Wildman–Crippen LogP) is 0.947. The van der Waals surface area contributed by atoms with Gasteiger partial charge in [-0.2, -0.15) is 5.10 Å². The summed E-state index contributed by atoms with van der Waals surface area (Å²) in [6.45, 7) is 1.84. The normalized spacial score (nSPS) is 11.7. The first-order valence-electron chi connectivity index (χ1n) is 8.16. The standard InChI is InChI=1S/C17H15N9O/c1-12(13-5-4-6-14(9-13)26-11-18-22-24-26)19-21-17(27)10-25-16-8-3-2-7-15(16)20-23-25/h2-9,11H,10H2,1H3,(H,21,27)/b19-12-. The molecule has 2 aromatic carbocycles. The largest absolute Gasteiger partial charge is 0.271 e. The van der Waals surface area contributed by atoms with Gasteiger partial charge in [0.1, 0.15) is 18.4 Å². The van der Waals surface area contributed by atoms with E-state index in [1.54, 1.807) is 4.68 Å². The van der Waals surface area contributed by atoms with Crippen LogP contribution in [0.1, 0.15) is 12.5 Å². The molecule has 134 valence electrons. The minimum atomic E-state index is -0.290. The number of para-hydroxylation sites is 1. The quantitative estimate of drug-likeness (QED) is 0.418. The first-order chi connectivity index (χ1) is 13.2. The Kier molecular flexibility index (Phi) is 4.35. The predicted molar refractivity (Wildman–Crippen MR) is 97.0 cm³/mol. The highest BCUT2D eigenvalue weighted by molar-refractivity contribution is 5.99. The second-order valence-electron chi connectivity index (χ2n) is 5.77. The fourth-order valence-corrected chi connectivity index (χ4v) is 2.57. The van der Waals surface area contributed by atoms with Crippen molar-refractivity contribution in [2.45, 2.75) is 13.5 Å². The second kappa shape index (κ2) is 7.12. The van der Waals surface area contributed by atoms with Gasteiger partial charge in [0.15, 0.2) is 0 Å². The highest BCUT2D eigenvalue weighted by Gasteiger charge is 2.08. The van der Waals surface area contributed by atoms with Crippen molar-refractivity contribution in [2.24, 2.45) is 5.10 Å². The van der Waals surface area contributed by atoms with Crippen LogP contribution in [-0.2, 0) is 11.3 Å². The molecule has 0 aliphatic carbocycles. The number of hydrogen-bond acceptors (Lipinski definition) is 7. The van der Waals surface area contributed by atoms with Crippen molar-refractivity contribution in [1.82, 2.24) is 40.6 Å². The zero-order valence-corrected chi connectivity index (χ0v) is 14.4. The van der Waals surface area contributed by atoms with Crippen LogP contribution in [0.5, 0.6) is 0 Å². The number of amides is 1. The van der Waals surface area contributed by atoms with Gasteiger partial charge in [0.2, 0.25) is 0 Å². The molecule has 0 aliphatic heterocycles. The van der Waals surface area contributed by atoms with Crippen molar-refractivity contribution in [1.29, 1.82) is 0 Å². The Morgan fingerprint density at radius 1 is 1.15 bits per heavy atom. The molecule has 0 radical (unpaired) electrons. The fraction of sp³-hybridized carbons (Fsp3) is 0.118. The van der Waals surface area contributed by atoms with Gasteiger partial charge in [0.05, 0.1) is 16.9 Å². The number of carbonyl (C=O) groups is 1. The van der Waals surface area contributed by atoms with Crippen molar-refractivity contribution < 1.29 is 4.79 Å². The van der Waals surface area contributed by atoms with Crippen molar-refractivity contribution in [3.63, 3.8) is 0 Å². The molecule has 0 aliphatic rings. The molecule has 2 aromatic heterocycles. The minimum Gasteiger partial charge on any atom is -0.271 e. The van der Waals surface area contributed by atoms with Gasteiger partial charge >= 0.3 is 0 Å². The monoisotopic (exact) mass is 361 g/mol. The SMILES string of the molecule is C/C(=N/NC(=O)Cn1nnc2ccccc21)c1cccc(-n2cnnn2)c1. The van der Waals surface area contributed by atoms with Crippen LogP contribution in [-0.4, -0.2) is 46.8 Å². The van der Waals surface area contributed by atoms with Crippen molar-refractivity contribution in [2.75, 3.05) is 0 Å². The van der Waals surface area contributed by atoms with Crippen LogP contribution in [0.25, 0.3) is 16.7 Å². The van der Waals surface area contributed by atoms with E-state index in [0.717, 1.165) is 22.3 Å². The van der Waals surface area contributed by atoms with Crippen LogP contribution in [0, 0.1) is 0 Å². The summed E-state index contributed by atoms with van der Waals surface area (Å²) in [5.41, 5.74) is 6.38. The van der Waals surface area contributed by atoms with Crippen LogP contribution in [0.15, 0.2) is 60.0 Å². The Morgan fingerprint density at radius 2 is 2.04 bits per heavy atom. The Morgan fingerprint density at radius 3 is 2.89 bits per heavy atom. The molecule has 0 spiro atoms. The average molecular weight is 361 g/mol. The number of rotatable bonds is 5. The molecule has 0 fully saturated rings. The van der Waals surface area contributed by atoms with E-state index in [1.165, 1.54) is 11.0 Å². The second-order valence-corrected chi connectivity index (χ2v) is 5.77. The molecular weight excluding hydrogens is 346 g/mol. The van der Waals surface area contributed by atoms with E-state index in [9.17, 15) is 4.79 Å². The third-order valence-corrected chi connectivity index (χ3v) is 3.94. The van der Waals surface area contributed by atoms with Gasteiger partial charge in [-0.05, 0) is 47.2 Å². The van der Waals surface area contributed by atoms with Gasteiger partial charge in [-0.1, -0.05) is 29.5 Å². The van der Waals surface area contributed by atoms with Gasteiger partial charge in [-0.25, -0.2) is 14.8 Å². The molecule has 10 nitrogen and oxygen atoms in total. The molecular formula is C17H15N9O. The zero-order chi connectivity index (χ0) is 18.6. The van der Waals surface area contributed by atoms with Crippen LogP contribution >= 0.6 is 0 Å². The lowest BCUT2D eigenvalue weighted by molar-refractivity contribution is -0.121. The first-order valence-corrected chi connectivity index (χ1v) is 8.16. The highest BCUT2D eigenvalue weighted by Crippen LogP contribution is 2.10. The Hall–Kier alpha value is -3.95. The number of hydrogen-bond donors (Lipinski definition) is 1. The fourth-order valence-electron chi connectivity index (χ4n) is 2.57. The van der Waals surface area contributed by atoms with E-state index in [2.05, 4.69) is 36.4 Å². The summed E-state index contributed by atoms with van der Waals surface area (Å²) in [6, 6.07) is 15.0. The number of hydrazone groups is 1. The van der Waals surface area contributed by atoms with Crippen molar-refractivity contribution in [3.8, 4) is 5.69 Å². The summed E-state index contributed by atoms with van der Waals surface area (Å²) >= 11 is 0. The van der Waals surface area contributed by atoms with E-state index in [1.807, 2.05) is 55.5 Å². The van der Waals surface area contributed by atoms with Gasteiger partial charge in [-0.3, -0.25) is 4.79 Å². The Bertz CT molecular complexity index is 1110. The third kappa shape index (κ3) is 3.54. The van der Waals surface area contributed by atoms with E-state index in [-0.39, 0.29) is 12.5 Å². The van der Waals surface area contributed by atoms with Gasteiger partial charge in [-0.15, -0.1) is 10.2 Å². The summed E-state index contributed by atoms with van der Waals surface area (Å²) in [7, 11) is 0. The van der Waals surface area contributed by atoms with E-state index in [0.29, 0.717) is 5.71 Å². The molecule has 4 aromatic rings. The highest BCUT2D eigenvalue weighted by atomic mass is 16.2. The minimum absolute atomic E-state index is 0.0297. The maximum absolute atomic E-state index is 12.2. The molecule has 0 atom stereocenters. The number of nitrogens with zero attached hydrogens (tertiary/aromatic N) is 8. The maximum atomic E-state index is 12.2. The number of carbonyl (C=O) groups excluding carboxylic acids is 1. The number of benzene rings is 2. The topological polar surface area (TPSA) is 116 Å². The molecule has 0 saturated carbocycles. The number of aromatic nitrogens is 7. The number of fused-ring (bicyclic) bond motifs is 1. The van der Waals surface area contributed by atoms with Crippen LogP contribution in [0.3, 0.4) is 0 Å². The molecule has 0 saturated heterocycles. The average Bonchev–Trinajstić information content (AvgIpc) is 3.37. The maximum Gasteiger partial charge on any atom is 0.261 e. The molecule has 27 heavy (non-hydrogen) atoms. The molecule has 0 bridgehead atoms. The van der Waals surface area contributed by atoms with Gasteiger partial charge in [0, 0.05) is 0 Å². The lowest BCUT2D eigenvalue weighted by Crippen LogP contribution is -2.24. The van der Waals surface area contributed by atoms with Crippen LogP contribution in [0.4, 0.5) is 0 Å². The molecule has 0 unspecified atom stereocenters. The van der Waals surface area contributed by atoms with Crippen LogP contribution < -0.4 is 5.43 Å². The van der Waals surface area contributed by atoms with Crippen molar-refractivity contribution in [3.05, 3.63) is 60.4 Å². The molecule has 10 heteroatoms. The van der Waals surface area contributed by atoms with Gasteiger partial charge in [0.25, 0.3) is 5.91 Å². The molecule has 4 rings (SSSR count). The lowest BCUT2D eigenvalue weighted by atomic mass is 10.1. The lowest BCUT2D eigenvalue weighted by Gasteiger charge is -2.05. The van der Waals surface area contributed by atoms with Gasteiger partial charge < -0.3 is 0 Å². The Labute approximate surface area is 153 Å². The Balaban J connectivity index is 1.46. The number of nitrogens with one attached hydrogen (secondary N) is 1. The molecule has 1 N–H and O–H groups in total. The van der Waals surface area contributed by atoms with E-state index in [4.69, 9.17) is 0 Å². The van der Waals surface area contributed by atoms with E-state index < -0.39 is 0 Å². The molecule has 1 amide bonds. The summed E-state index contributed by atoms with van der Waals surface area (Å²) in [6.07, 6.45) is 1.51. The van der Waals surface area contributed by atoms with Crippen molar-refractivity contribution >= 4 is 22.7 Å². The van der Waals surface area contributed by atoms with Crippen LogP contribution in [0.2, 0.25) is 0 Å². The summed E-state index contributed by atoms with van der Waals surface area (Å²) < 4.78 is 3.08. The summed E-state index contributed by atoms with van der Waals surface area (Å²) in [4.78, 5) is 12.2. The summed E-state index contributed by atoms with van der Waals surface area (Å²) in [5, 5.41) is 23.3. The number of tetrazole rings is 1. The molecule has 2 heterocycles. The van der Waals surface area contributed by atoms with E-state index >= 15 is 0 Å². The smallest absolute Gasteiger partial charge is 0.261 e. The zero-order valence-electron chi connectivity index (χ0n) is 14.4. The first kappa shape index (κ1) is 16.5. The summed E-state index contributed by atoms with van der Waals surface area (Å²) in [5.74, 6) is -0.290. The third-order valence-electron chi connectivity index (χ3n) is 3.94.